The first-order valence-corrected chi connectivity index (χ1v) is 8.13. The normalized spacial score (nSPS) is 10.6. The summed E-state index contributed by atoms with van der Waals surface area (Å²) in [6.45, 7) is 0. The molecule has 0 radical (unpaired) electrons. The van der Waals surface area contributed by atoms with Gasteiger partial charge in [0.2, 0.25) is 11.5 Å². The van der Waals surface area contributed by atoms with Gasteiger partial charge >= 0.3 is 11.6 Å². The van der Waals surface area contributed by atoms with Crippen molar-refractivity contribution in [3.8, 4) is 34.1 Å². The van der Waals surface area contributed by atoms with Crippen molar-refractivity contribution in [3.63, 3.8) is 0 Å². The number of ether oxygens (including phenoxy) is 4. The van der Waals surface area contributed by atoms with Crippen LogP contribution in [0.25, 0.3) is 21.9 Å². The Morgan fingerprint density at radius 2 is 1.54 bits per heavy atom. The van der Waals surface area contributed by atoms with E-state index in [0.29, 0.717) is 33.9 Å². The number of methoxy groups -OCH3 is 4. The molecule has 0 fully saturated rings. The summed E-state index contributed by atoms with van der Waals surface area (Å²) in [7, 11) is 5.84. The lowest BCUT2D eigenvalue weighted by Crippen LogP contribution is -2.09. The molecule has 1 aromatic heterocycles. The van der Waals surface area contributed by atoms with Crippen LogP contribution in [0.15, 0.2) is 39.5 Å². The number of carbonyl (C=O) groups is 1. The van der Waals surface area contributed by atoms with Crippen molar-refractivity contribution >= 4 is 16.7 Å². The van der Waals surface area contributed by atoms with Crippen LogP contribution in [0.5, 0.6) is 23.0 Å². The lowest BCUT2D eigenvalue weighted by Gasteiger charge is -2.16. The van der Waals surface area contributed by atoms with E-state index in [2.05, 4.69) is 0 Å². The summed E-state index contributed by atoms with van der Waals surface area (Å²) < 4.78 is 26.4. The molecule has 0 saturated carbocycles. The Hall–Kier alpha value is -3.68. The van der Waals surface area contributed by atoms with E-state index in [4.69, 9.17) is 23.4 Å². The van der Waals surface area contributed by atoms with Gasteiger partial charge in [0.15, 0.2) is 11.5 Å². The number of aromatic carboxylic acids is 1. The molecule has 0 unspecified atom stereocenters. The topological polar surface area (TPSA) is 104 Å². The predicted molar refractivity (Wildman–Crippen MR) is 101 cm³/mol. The highest BCUT2D eigenvalue weighted by molar-refractivity contribution is 6.05. The van der Waals surface area contributed by atoms with Crippen molar-refractivity contribution in [1.29, 1.82) is 0 Å². The molecule has 1 heterocycles. The van der Waals surface area contributed by atoms with Crippen LogP contribution in [-0.2, 0) is 0 Å². The fraction of sp³-hybridized carbons (Fsp3) is 0.200. The third-order valence-corrected chi connectivity index (χ3v) is 4.29. The molecule has 1 N–H and O–H groups in total. The highest BCUT2D eigenvalue weighted by Crippen LogP contribution is 2.43. The number of hydrogen-bond donors (Lipinski definition) is 1. The quantitative estimate of drug-likeness (QED) is 0.689. The van der Waals surface area contributed by atoms with Gasteiger partial charge in [-0.25, -0.2) is 9.59 Å². The molecule has 0 amide bonds. The van der Waals surface area contributed by atoms with Crippen LogP contribution in [0, 0.1) is 0 Å². The smallest absolute Gasteiger partial charge is 0.372 e. The van der Waals surface area contributed by atoms with Crippen LogP contribution in [-0.4, -0.2) is 39.5 Å². The van der Waals surface area contributed by atoms with Crippen molar-refractivity contribution in [2.75, 3.05) is 28.4 Å². The van der Waals surface area contributed by atoms with Gasteiger partial charge < -0.3 is 28.5 Å². The van der Waals surface area contributed by atoms with Crippen LogP contribution in [0.3, 0.4) is 0 Å². The SMILES string of the molecule is COc1ccc2c(=O)oc(C(=O)O)c(-c3cc(OC)c(OC)c(OC)c3)c2c1. The van der Waals surface area contributed by atoms with Gasteiger partial charge in [-0.05, 0) is 35.9 Å². The maximum atomic E-state index is 12.3. The fourth-order valence-corrected chi connectivity index (χ4v) is 3.02. The van der Waals surface area contributed by atoms with Gasteiger partial charge in [0, 0.05) is 10.9 Å². The number of fused-ring (bicyclic) bond motifs is 1. The van der Waals surface area contributed by atoms with E-state index >= 15 is 0 Å². The van der Waals surface area contributed by atoms with Crippen LogP contribution in [0.2, 0.25) is 0 Å². The molecule has 8 nitrogen and oxygen atoms in total. The van der Waals surface area contributed by atoms with Crippen molar-refractivity contribution in [2.45, 2.75) is 0 Å². The van der Waals surface area contributed by atoms with E-state index in [0.717, 1.165) is 0 Å². The summed E-state index contributed by atoms with van der Waals surface area (Å²) in [5, 5.41) is 10.2. The van der Waals surface area contributed by atoms with Gasteiger partial charge in [-0.2, -0.15) is 0 Å². The van der Waals surface area contributed by atoms with Crippen molar-refractivity contribution in [1.82, 2.24) is 0 Å². The Kier molecular flexibility index (Phi) is 5.12. The van der Waals surface area contributed by atoms with Crippen LogP contribution in [0.4, 0.5) is 0 Å². The molecule has 0 aliphatic rings. The number of carboxylic acid groups (broad SMARTS) is 1. The second-order valence-electron chi connectivity index (χ2n) is 5.72. The van der Waals surface area contributed by atoms with Crippen LogP contribution >= 0.6 is 0 Å². The second-order valence-corrected chi connectivity index (χ2v) is 5.72. The molecular formula is C20H18O8. The van der Waals surface area contributed by atoms with Gasteiger partial charge in [0.25, 0.3) is 0 Å². The molecule has 0 bridgehead atoms. The van der Waals surface area contributed by atoms with Gasteiger partial charge in [-0.3, -0.25) is 0 Å². The zero-order valence-corrected chi connectivity index (χ0v) is 15.7. The zero-order chi connectivity index (χ0) is 20.4. The van der Waals surface area contributed by atoms with Crippen LogP contribution in [0.1, 0.15) is 10.6 Å². The summed E-state index contributed by atoms with van der Waals surface area (Å²) in [5.41, 5.74) is -0.152. The highest BCUT2D eigenvalue weighted by Gasteiger charge is 2.24. The molecule has 28 heavy (non-hydrogen) atoms. The third kappa shape index (κ3) is 3.09. The Morgan fingerprint density at radius 3 is 2.04 bits per heavy atom. The first-order chi connectivity index (χ1) is 13.4. The average molecular weight is 386 g/mol. The Balaban J connectivity index is 2.48. The maximum absolute atomic E-state index is 12.3. The summed E-state index contributed by atoms with van der Waals surface area (Å²) in [4.78, 5) is 24.1. The number of rotatable bonds is 6. The zero-order valence-electron chi connectivity index (χ0n) is 15.7. The summed E-state index contributed by atoms with van der Waals surface area (Å²) in [6.07, 6.45) is 0. The number of hydrogen-bond acceptors (Lipinski definition) is 7. The van der Waals surface area contributed by atoms with Gasteiger partial charge in [-0.15, -0.1) is 0 Å². The van der Waals surface area contributed by atoms with E-state index in [1.807, 2.05) is 0 Å². The first kappa shape index (κ1) is 19.1. The molecule has 0 aliphatic heterocycles. The molecule has 0 atom stereocenters. The van der Waals surface area contributed by atoms with Gasteiger partial charge in [0.05, 0.1) is 33.8 Å². The minimum absolute atomic E-state index is 0.195. The minimum Gasteiger partial charge on any atom is -0.497 e. The van der Waals surface area contributed by atoms with Crippen LogP contribution < -0.4 is 24.6 Å². The molecule has 2 aromatic carbocycles. The summed E-state index contributed by atoms with van der Waals surface area (Å²) >= 11 is 0. The van der Waals surface area contributed by atoms with Crippen molar-refractivity contribution in [2.24, 2.45) is 0 Å². The van der Waals surface area contributed by atoms with E-state index in [9.17, 15) is 14.7 Å². The number of benzene rings is 2. The summed E-state index contributed by atoms with van der Waals surface area (Å²) in [6, 6.07) is 7.87. The van der Waals surface area contributed by atoms with E-state index < -0.39 is 17.4 Å². The largest absolute Gasteiger partial charge is 0.497 e. The van der Waals surface area contributed by atoms with E-state index in [1.54, 1.807) is 24.3 Å². The maximum Gasteiger partial charge on any atom is 0.372 e. The summed E-state index contributed by atoms with van der Waals surface area (Å²) in [5.74, 6) is -0.413. The first-order valence-electron chi connectivity index (χ1n) is 8.13. The molecule has 3 rings (SSSR count). The lowest BCUT2D eigenvalue weighted by atomic mass is 9.97. The average Bonchev–Trinajstić information content (AvgIpc) is 2.71. The predicted octanol–water partition coefficient (Wildman–Crippen LogP) is 3.19. The Morgan fingerprint density at radius 1 is 0.893 bits per heavy atom. The molecule has 8 heteroatoms. The fourth-order valence-electron chi connectivity index (χ4n) is 3.02. The third-order valence-electron chi connectivity index (χ3n) is 4.29. The van der Waals surface area contributed by atoms with Crippen molar-refractivity contribution < 1.29 is 33.3 Å². The second kappa shape index (κ2) is 7.51. The highest BCUT2D eigenvalue weighted by atomic mass is 16.5. The van der Waals surface area contributed by atoms with Crippen molar-refractivity contribution in [3.05, 3.63) is 46.5 Å². The van der Waals surface area contributed by atoms with E-state index in [1.165, 1.54) is 34.5 Å². The molecule has 0 spiro atoms. The van der Waals surface area contributed by atoms with Gasteiger partial charge in [0.1, 0.15) is 5.75 Å². The monoisotopic (exact) mass is 386 g/mol. The Bertz CT molecular complexity index is 1090. The standard InChI is InChI=1S/C20H18O8/c1-24-11-5-6-12-13(9-11)16(18(19(21)22)28-20(12)23)10-7-14(25-2)17(27-4)15(8-10)26-3/h5-9H,1-4H3,(H,21,22). The Labute approximate surface area is 159 Å². The van der Waals surface area contributed by atoms with Gasteiger partial charge in [-0.1, -0.05) is 0 Å². The molecule has 3 aromatic rings. The minimum atomic E-state index is -1.38. The lowest BCUT2D eigenvalue weighted by molar-refractivity contribution is 0.0659. The van der Waals surface area contributed by atoms with E-state index in [-0.39, 0.29) is 10.9 Å². The molecule has 146 valence electrons. The number of carboxylic acids is 1. The molecule has 0 saturated heterocycles. The molecular weight excluding hydrogens is 368 g/mol. The molecule has 0 aliphatic carbocycles.